The Hall–Kier alpha value is -1.84. The van der Waals surface area contributed by atoms with Gasteiger partial charge < -0.3 is 10.0 Å². The van der Waals surface area contributed by atoms with Crippen LogP contribution in [0.4, 0.5) is 0 Å². The highest BCUT2D eigenvalue weighted by molar-refractivity contribution is 5.94. The fraction of sp³-hybridized carbons (Fsp3) is 0.500. The largest absolute Gasteiger partial charge is 0.481 e. The van der Waals surface area contributed by atoms with E-state index in [1.165, 1.54) is 0 Å². The second-order valence-electron chi connectivity index (χ2n) is 5.56. The minimum Gasteiger partial charge on any atom is -0.481 e. The number of benzene rings is 1. The van der Waals surface area contributed by atoms with E-state index in [2.05, 4.69) is 0 Å². The number of hydrogen-bond acceptors (Lipinski definition) is 2. The third-order valence-corrected chi connectivity index (χ3v) is 3.84. The molecule has 1 aliphatic rings. The molecule has 1 fully saturated rings. The van der Waals surface area contributed by atoms with E-state index in [9.17, 15) is 9.59 Å². The smallest absolute Gasteiger partial charge is 0.303 e. The van der Waals surface area contributed by atoms with E-state index in [1.807, 2.05) is 36.1 Å². The first-order valence-corrected chi connectivity index (χ1v) is 7.14. The predicted octanol–water partition coefficient (Wildman–Crippen LogP) is 2.71. The van der Waals surface area contributed by atoms with Crippen molar-refractivity contribution in [1.29, 1.82) is 0 Å². The molecule has 0 radical (unpaired) electrons. The lowest BCUT2D eigenvalue weighted by molar-refractivity contribution is -0.137. The standard InChI is InChI=1S/C16H21NO3/c1-12-4-2-6-14(10-12)16(20)17-9-3-5-13(11-17)7-8-15(18)19/h2,4,6,10,13H,3,5,7-9,11H2,1H3,(H,18,19)/t13-/m0/s1. The van der Waals surface area contributed by atoms with Gasteiger partial charge in [-0.2, -0.15) is 0 Å². The summed E-state index contributed by atoms with van der Waals surface area (Å²) in [5.41, 5.74) is 1.80. The molecule has 1 N–H and O–H groups in total. The van der Waals surface area contributed by atoms with Crippen molar-refractivity contribution in [2.24, 2.45) is 5.92 Å². The van der Waals surface area contributed by atoms with Gasteiger partial charge in [-0.05, 0) is 44.2 Å². The Balaban J connectivity index is 1.98. The van der Waals surface area contributed by atoms with Gasteiger partial charge in [0, 0.05) is 25.1 Å². The summed E-state index contributed by atoms with van der Waals surface area (Å²) < 4.78 is 0. The van der Waals surface area contributed by atoms with Crippen LogP contribution in [0.5, 0.6) is 0 Å². The van der Waals surface area contributed by atoms with E-state index in [1.54, 1.807) is 0 Å². The normalized spacial score (nSPS) is 18.9. The number of carboxylic acids is 1. The third-order valence-electron chi connectivity index (χ3n) is 3.84. The van der Waals surface area contributed by atoms with Crippen molar-refractivity contribution in [2.75, 3.05) is 13.1 Å². The van der Waals surface area contributed by atoms with Gasteiger partial charge in [-0.3, -0.25) is 9.59 Å². The summed E-state index contributed by atoms with van der Waals surface area (Å²) in [6, 6.07) is 7.62. The van der Waals surface area contributed by atoms with E-state index in [0.29, 0.717) is 18.9 Å². The van der Waals surface area contributed by atoms with Crippen LogP contribution < -0.4 is 0 Å². The first kappa shape index (κ1) is 14.6. The van der Waals surface area contributed by atoms with Gasteiger partial charge in [-0.25, -0.2) is 0 Å². The predicted molar refractivity (Wildman–Crippen MR) is 76.7 cm³/mol. The van der Waals surface area contributed by atoms with Crippen LogP contribution in [0.1, 0.15) is 41.6 Å². The molecule has 1 aromatic rings. The van der Waals surface area contributed by atoms with E-state index in [0.717, 1.165) is 30.5 Å². The third kappa shape index (κ3) is 3.83. The van der Waals surface area contributed by atoms with Crippen LogP contribution in [-0.2, 0) is 4.79 Å². The zero-order valence-corrected chi connectivity index (χ0v) is 11.8. The molecule has 0 aliphatic carbocycles. The topological polar surface area (TPSA) is 57.6 Å². The molecule has 1 heterocycles. The van der Waals surface area contributed by atoms with Gasteiger partial charge >= 0.3 is 5.97 Å². The first-order chi connectivity index (χ1) is 9.56. The van der Waals surface area contributed by atoms with Crippen LogP contribution in [0.2, 0.25) is 0 Å². The molecular formula is C16H21NO3. The van der Waals surface area contributed by atoms with E-state index >= 15 is 0 Å². The lowest BCUT2D eigenvalue weighted by Gasteiger charge is -2.32. The number of piperidine rings is 1. The van der Waals surface area contributed by atoms with Gasteiger partial charge in [-0.15, -0.1) is 0 Å². The van der Waals surface area contributed by atoms with Crippen molar-refractivity contribution in [3.63, 3.8) is 0 Å². The second kappa shape index (κ2) is 6.55. The van der Waals surface area contributed by atoms with Gasteiger partial charge in [0.2, 0.25) is 0 Å². The maximum absolute atomic E-state index is 12.4. The van der Waals surface area contributed by atoms with Crippen LogP contribution in [0.25, 0.3) is 0 Å². The Bertz CT molecular complexity index is 498. The monoisotopic (exact) mass is 275 g/mol. The summed E-state index contributed by atoms with van der Waals surface area (Å²) in [5, 5.41) is 8.75. The van der Waals surface area contributed by atoms with Gasteiger partial charge in [0.15, 0.2) is 0 Å². The van der Waals surface area contributed by atoms with Crippen LogP contribution in [-0.4, -0.2) is 35.0 Å². The second-order valence-corrected chi connectivity index (χ2v) is 5.56. The number of amides is 1. The minimum atomic E-state index is -0.757. The maximum atomic E-state index is 12.4. The molecular weight excluding hydrogens is 254 g/mol. The SMILES string of the molecule is Cc1cccc(C(=O)N2CCC[C@@H](CCC(=O)O)C2)c1. The number of carbonyl (C=O) groups excluding carboxylic acids is 1. The van der Waals surface area contributed by atoms with E-state index in [4.69, 9.17) is 5.11 Å². The van der Waals surface area contributed by atoms with Crippen LogP contribution >= 0.6 is 0 Å². The summed E-state index contributed by atoms with van der Waals surface area (Å²) in [4.78, 5) is 24.9. The Labute approximate surface area is 119 Å². The van der Waals surface area contributed by atoms with Gasteiger partial charge in [0.05, 0.1) is 0 Å². The molecule has 4 heteroatoms. The summed E-state index contributed by atoms with van der Waals surface area (Å²) in [7, 11) is 0. The average Bonchev–Trinajstić information content (AvgIpc) is 2.44. The summed E-state index contributed by atoms with van der Waals surface area (Å²) in [6.45, 7) is 3.43. The molecule has 1 amide bonds. The molecule has 0 bridgehead atoms. The zero-order chi connectivity index (χ0) is 14.5. The molecule has 4 nitrogen and oxygen atoms in total. The lowest BCUT2D eigenvalue weighted by Crippen LogP contribution is -2.40. The highest BCUT2D eigenvalue weighted by atomic mass is 16.4. The summed E-state index contributed by atoms with van der Waals surface area (Å²) in [6.07, 6.45) is 2.83. The van der Waals surface area contributed by atoms with Crippen molar-refractivity contribution < 1.29 is 14.7 Å². The van der Waals surface area contributed by atoms with Crippen molar-refractivity contribution in [2.45, 2.75) is 32.6 Å². The Morgan fingerprint density at radius 2 is 2.20 bits per heavy atom. The van der Waals surface area contributed by atoms with Crippen molar-refractivity contribution in [3.05, 3.63) is 35.4 Å². The number of nitrogens with zero attached hydrogens (tertiary/aromatic N) is 1. The van der Waals surface area contributed by atoms with E-state index < -0.39 is 5.97 Å². The average molecular weight is 275 g/mol. The lowest BCUT2D eigenvalue weighted by atomic mass is 9.93. The molecule has 1 saturated heterocycles. The quantitative estimate of drug-likeness (QED) is 0.919. The number of likely N-dealkylation sites (tertiary alicyclic amines) is 1. The van der Waals surface area contributed by atoms with Gasteiger partial charge in [0.1, 0.15) is 0 Å². The van der Waals surface area contributed by atoms with Crippen LogP contribution in [0.15, 0.2) is 24.3 Å². The molecule has 0 unspecified atom stereocenters. The molecule has 1 atom stereocenters. The van der Waals surface area contributed by atoms with Crippen molar-refractivity contribution in [1.82, 2.24) is 4.90 Å². The molecule has 0 saturated carbocycles. The zero-order valence-electron chi connectivity index (χ0n) is 11.8. The fourth-order valence-corrected chi connectivity index (χ4v) is 2.77. The van der Waals surface area contributed by atoms with Crippen molar-refractivity contribution >= 4 is 11.9 Å². The van der Waals surface area contributed by atoms with Crippen molar-refractivity contribution in [3.8, 4) is 0 Å². The Morgan fingerprint density at radius 3 is 2.90 bits per heavy atom. The molecule has 0 spiro atoms. The first-order valence-electron chi connectivity index (χ1n) is 7.14. The Morgan fingerprint density at radius 1 is 1.40 bits per heavy atom. The maximum Gasteiger partial charge on any atom is 0.303 e. The number of carbonyl (C=O) groups is 2. The highest BCUT2D eigenvalue weighted by Crippen LogP contribution is 2.22. The van der Waals surface area contributed by atoms with Crippen LogP contribution in [0.3, 0.4) is 0 Å². The molecule has 1 aromatic carbocycles. The summed E-state index contributed by atoms with van der Waals surface area (Å²) in [5.74, 6) is -0.380. The number of aliphatic carboxylic acids is 1. The molecule has 2 rings (SSSR count). The number of aryl methyl sites for hydroxylation is 1. The molecule has 108 valence electrons. The highest BCUT2D eigenvalue weighted by Gasteiger charge is 2.24. The summed E-state index contributed by atoms with van der Waals surface area (Å²) >= 11 is 0. The molecule has 1 aliphatic heterocycles. The Kier molecular flexibility index (Phi) is 4.77. The van der Waals surface area contributed by atoms with E-state index in [-0.39, 0.29) is 12.3 Å². The van der Waals surface area contributed by atoms with Crippen LogP contribution in [0, 0.1) is 12.8 Å². The fourth-order valence-electron chi connectivity index (χ4n) is 2.77. The number of hydrogen-bond donors (Lipinski definition) is 1. The molecule has 20 heavy (non-hydrogen) atoms. The van der Waals surface area contributed by atoms with Gasteiger partial charge in [0.25, 0.3) is 5.91 Å². The number of carboxylic acid groups (broad SMARTS) is 1. The van der Waals surface area contributed by atoms with Gasteiger partial charge in [-0.1, -0.05) is 17.7 Å². The molecule has 0 aromatic heterocycles. The number of rotatable bonds is 4. The minimum absolute atomic E-state index is 0.0636.